The highest BCUT2D eigenvalue weighted by Crippen LogP contribution is 2.24. The van der Waals surface area contributed by atoms with Gasteiger partial charge >= 0.3 is 6.36 Å². The molecule has 1 fully saturated rings. The first kappa shape index (κ1) is 20.0. The van der Waals surface area contributed by atoms with E-state index in [9.17, 15) is 13.2 Å². The molecule has 0 amide bonds. The molecular weight excluding hydrogens is 333 g/mol. The third-order valence-electron chi connectivity index (χ3n) is 4.31. The van der Waals surface area contributed by atoms with Crippen LogP contribution in [0.1, 0.15) is 51.0 Å². The number of hydrogen-bond donors (Lipinski definition) is 0. The molecule has 142 valence electrons. The highest BCUT2D eigenvalue weighted by Gasteiger charge is 2.30. The minimum atomic E-state index is -4.64. The maximum Gasteiger partial charge on any atom is 0.573 e. The molecule has 0 aliphatic carbocycles. The maximum absolute atomic E-state index is 12.1. The Labute approximate surface area is 147 Å². The van der Waals surface area contributed by atoms with Gasteiger partial charge in [0.1, 0.15) is 5.75 Å². The van der Waals surface area contributed by atoms with Crippen LogP contribution in [0.4, 0.5) is 13.2 Å². The van der Waals surface area contributed by atoms with Crippen molar-refractivity contribution in [3.63, 3.8) is 0 Å². The van der Waals surface area contributed by atoms with E-state index in [0.717, 1.165) is 50.9 Å². The molecule has 0 saturated carbocycles. The Kier molecular flexibility index (Phi) is 8.03. The van der Waals surface area contributed by atoms with Crippen molar-refractivity contribution in [3.8, 4) is 5.75 Å². The molecule has 1 aliphatic rings. The van der Waals surface area contributed by atoms with Crippen molar-refractivity contribution >= 4 is 0 Å². The summed E-state index contributed by atoms with van der Waals surface area (Å²) in [6.07, 6.45) is 2.41. The van der Waals surface area contributed by atoms with Crippen LogP contribution >= 0.6 is 0 Å². The minimum absolute atomic E-state index is 0.111. The van der Waals surface area contributed by atoms with E-state index < -0.39 is 6.36 Å². The molecule has 3 nitrogen and oxygen atoms in total. The van der Waals surface area contributed by atoms with Crippen molar-refractivity contribution < 1.29 is 27.4 Å². The number of halogens is 3. The van der Waals surface area contributed by atoms with Gasteiger partial charge in [-0.1, -0.05) is 31.9 Å². The fourth-order valence-corrected chi connectivity index (χ4v) is 2.91. The van der Waals surface area contributed by atoms with Crippen LogP contribution < -0.4 is 4.74 Å². The summed E-state index contributed by atoms with van der Waals surface area (Å²) in [5, 5.41) is 0. The molecule has 1 aromatic carbocycles. The van der Waals surface area contributed by atoms with Gasteiger partial charge in [0, 0.05) is 5.92 Å². The predicted octanol–water partition coefficient (Wildman–Crippen LogP) is 5.48. The highest BCUT2D eigenvalue weighted by atomic mass is 19.4. The third kappa shape index (κ3) is 8.10. The average molecular weight is 360 g/mol. The van der Waals surface area contributed by atoms with Crippen LogP contribution in [0.25, 0.3) is 0 Å². The molecule has 0 bridgehead atoms. The van der Waals surface area contributed by atoms with Crippen LogP contribution in [0.2, 0.25) is 0 Å². The van der Waals surface area contributed by atoms with E-state index in [1.54, 1.807) is 12.1 Å². The van der Waals surface area contributed by atoms with Crippen LogP contribution in [0.5, 0.6) is 5.75 Å². The Hall–Kier alpha value is -1.27. The van der Waals surface area contributed by atoms with E-state index in [2.05, 4.69) is 11.7 Å². The topological polar surface area (TPSA) is 27.7 Å². The summed E-state index contributed by atoms with van der Waals surface area (Å²) in [5.74, 6) is 0.339. The van der Waals surface area contributed by atoms with E-state index in [0.29, 0.717) is 5.92 Å². The summed E-state index contributed by atoms with van der Waals surface area (Å²) in [7, 11) is 0. The second kappa shape index (κ2) is 10.0. The lowest BCUT2D eigenvalue weighted by Gasteiger charge is -2.29. The van der Waals surface area contributed by atoms with Gasteiger partial charge < -0.3 is 14.2 Å². The Morgan fingerprint density at radius 1 is 1.00 bits per heavy atom. The molecule has 0 spiro atoms. The largest absolute Gasteiger partial charge is 0.573 e. The molecule has 0 N–H and O–H groups in total. The Balaban J connectivity index is 1.59. The van der Waals surface area contributed by atoms with Gasteiger partial charge in [-0.3, -0.25) is 0 Å². The van der Waals surface area contributed by atoms with E-state index >= 15 is 0 Å². The molecule has 25 heavy (non-hydrogen) atoms. The summed E-state index contributed by atoms with van der Waals surface area (Å²) >= 11 is 0. The van der Waals surface area contributed by atoms with Crippen molar-refractivity contribution in [1.29, 1.82) is 0 Å². The zero-order valence-corrected chi connectivity index (χ0v) is 14.7. The average Bonchev–Trinajstić information content (AvgIpc) is 2.58. The Bertz CT molecular complexity index is 480. The van der Waals surface area contributed by atoms with Gasteiger partial charge in [0.25, 0.3) is 0 Å². The number of ether oxygens (including phenoxy) is 3. The normalized spacial score (nSPS) is 21.3. The minimum Gasteiger partial charge on any atom is -0.406 e. The molecule has 0 radical (unpaired) electrons. The summed E-state index contributed by atoms with van der Waals surface area (Å²) in [4.78, 5) is 0. The number of aryl methyl sites for hydroxylation is 1. The number of alkyl halides is 3. The fourth-order valence-electron chi connectivity index (χ4n) is 2.91. The van der Waals surface area contributed by atoms with Crippen LogP contribution in [0.15, 0.2) is 24.3 Å². The van der Waals surface area contributed by atoms with Crippen molar-refractivity contribution in [3.05, 3.63) is 29.8 Å². The SMILES string of the molecule is CCCCC1COC(CCCCc2ccc(OC(F)(F)F)cc2)OC1. The van der Waals surface area contributed by atoms with Gasteiger partial charge in [-0.05, 0) is 49.8 Å². The second-order valence-corrected chi connectivity index (χ2v) is 6.54. The van der Waals surface area contributed by atoms with Gasteiger partial charge in [-0.15, -0.1) is 13.2 Å². The maximum atomic E-state index is 12.1. The number of hydrogen-bond acceptors (Lipinski definition) is 3. The third-order valence-corrected chi connectivity index (χ3v) is 4.31. The summed E-state index contributed by atoms with van der Waals surface area (Å²) in [6, 6.07) is 6.05. The van der Waals surface area contributed by atoms with Crippen LogP contribution in [0.3, 0.4) is 0 Å². The Morgan fingerprint density at radius 3 is 2.28 bits per heavy atom. The number of rotatable bonds is 9. The van der Waals surface area contributed by atoms with Gasteiger partial charge in [0.2, 0.25) is 0 Å². The summed E-state index contributed by atoms with van der Waals surface area (Å²) in [5.41, 5.74) is 1.000. The first-order valence-electron chi connectivity index (χ1n) is 9.04. The zero-order valence-electron chi connectivity index (χ0n) is 14.7. The molecule has 6 heteroatoms. The van der Waals surface area contributed by atoms with Crippen LogP contribution in [-0.2, 0) is 15.9 Å². The molecule has 1 heterocycles. The van der Waals surface area contributed by atoms with Crippen LogP contribution in [0, 0.1) is 5.92 Å². The lowest BCUT2D eigenvalue weighted by atomic mass is 10.0. The lowest BCUT2D eigenvalue weighted by molar-refractivity contribution is -0.274. The van der Waals surface area contributed by atoms with Gasteiger partial charge in [-0.2, -0.15) is 0 Å². The smallest absolute Gasteiger partial charge is 0.406 e. The van der Waals surface area contributed by atoms with Gasteiger partial charge in [0.05, 0.1) is 13.2 Å². The van der Waals surface area contributed by atoms with Crippen molar-refractivity contribution in [1.82, 2.24) is 0 Å². The quantitative estimate of drug-likeness (QED) is 0.546. The standard InChI is InChI=1S/C19H27F3O3/c1-2-3-6-16-13-23-18(24-14-16)8-5-4-7-15-9-11-17(12-10-15)25-19(20,21)22/h9-12,16,18H,2-8,13-14H2,1H3. The molecule has 1 saturated heterocycles. The van der Waals surface area contributed by atoms with Crippen molar-refractivity contribution in [2.24, 2.45) is 5.92 Å². The first-order chi connectivity index (χ1) is 12.0. The number of benzene rings is 1. The lowest BCUT2D eigenvalue weighted by Crippen LogP contribution is -2.32. The zero-order chi connectivity index (χ0) is 18.1. The first-order valence-corrected chi connectivity index (χ1v) is 9.04. The predicted molar refractivity (Wildman–Crippen MR) is 89.4 cm³/mol. The molecule has 1 aromatic rings. The second-order valence-electron chi connectivity index (χ2n) is 6.54. The van der Waals surface area contributed by atoms with E-state index in [4.69, 9.17) is 9.47 Å². The van der Waals surface area contributed by atoms with E-state index in [1.807, 2.05) is 0 Å². The molecule has 0 atom stereocenters. The van der Waals surface area contributed by atoms with E-state index in [-0.39, 0.29) is 12.0 Å². The monoisotopic (exact) mass is 360 g/mol. The van der Waals surface area contributed by atoms with Gasteiger partial charge in [0.15, 0.2) is 6.29 Å². The molecule has 0 unspecified atom stereocenters. The van der Waals surface area contributed by atoms with Crippen molar-refractivity contribution in [2.75, 3.05) is 13.2 Å². The fraction of sp³-hybridized carbons (Fsp3) is 0.684. The Morgan fingerprint density at radius 2 is 1.68 bits per heavy atom. The molecule has 1 aliphatic heterocycles. The summed E-state index contributed by atoms with van der Waals surface area (Å²) < 4.78 is 51.7. The number of unbranched alkanes of at least 4 members (excludes halogenated alkanes) is 2. The molecule has 2 rings (SSSR count). The molecule has 0 aromatic heterocycles. The highest BCUT2D eigenvalue weighted by molar-refractivity contribution is 5.27. The molecular formula is C19H27F3O3. The van der Waals surface area contributed by atoms with Gasteiger partial charge in [-0.25, -0.2) is 0 Å². The summed E-state index contributed by atoms with van der Waals surface area (Å²) in [6.45, 7) is 3.75. The van der Waals surface area contributed by atoms with Crippen molar-refractivity contribution in [2.45, 2.75) is 64.5 Å². The van der Waals surface area contributed by atoms with E-state index in [1.165, 1.54) is 25.0 Å². The van der Waals surface area contributed by atoms with Crippen LogP contribution in [-0.4, -0.2) is 25.9 Å².